The largest absolute Gasteiger partial charge is 0.369 e. The van der Waals surface area contributed by atoms with E-state index >= 15 is 0 Å². The summed E-state index contributed by atoms with van der Waals surface area (Å²) >= 11 is 0. The van der Waals surface area contributed by atoms with E-state index in [4.69, 9.17) is 11.5 Å². The van der Waals surface area contributed by atoms with Crippen LogP contribution in [0, 0.1) is 11.3 Å². The molecule has 18 heavy (non-hydrogen) atoms. The van der Waals surface area contributed by atoms with Crippen molar-refractivity contribution in [1.82, 2.24) is 5.32 Å². The van der Waals surface area contributed by atoms with Gasteiger partial charge in [0.05, 0.1) is 6.04 Å². The third-order valence-corrected chi connectivity index (χ3v) is 3.69. The van der Waals surface area contributed by atoms with Gasteiger partial charge in [-0.15, -0.1) is 0 Å². The Hall–Kier alpha value is -1.10. The van der Waals surface area contributed by atoms with Gasteiger partial charge >= 0.3 is 0 Å². The average Bonchev–Trinajstić information content (AvgIpc) is 2.27. The molecule has 0 aromatic carbocycles. The number of hydrogen-bond donors (Lipinski definition) is 3. The lowest BCUT2D eigenvalue weighted by atomic mass is 9.84. The topological polar surface area (TPSA) is 98.2 Å². The molecular formula is C13H25N3O2. The zero-order valence-electron chi connectivity index (χ0n) is 11.5. The molecule has 1 aliphatic rings. The summed E-state index contributed by atoms with van der Waals surface area (Å²) in [6.07, 6.45) is 3.11. The van der Waals surface area contributed by atoms with Crippen LogP contribution in [0.25, 0.3) is 0 Å². The first kappa shape index (κ1) is 15.0. The van der Waals surface area contributed by atoms with Crippen molar-refractivity contribution in [3.8, 4) is 0 Å². The standard InChI is InChI=1S/C13H25N3O2/c1-13(2,3)10(14)12(18)16-9-6-4-8(5-7-9)11(15)17/h8-10H,4-7,14H2,1-3H3,(H2,15,17)(H,16,18). The molecule has 5 heteroatoms. The highest BCUT2D eigenvalue weighted by atomic mass is 16.2. The molecule has 0 heterocycles. The summed E-state index contributed by atoms with van der Waals surface area (Å²) in [5.74, 6) is -0.370. The number of carbonyl (C=O) groups is 2. The zero-order chi connectivity index (χ0) is 13.9. The average molecular weight is 255 g/mol. The molecular weight excluding hydrogens is 230 g/mol. The third kappa shape index (κ3) is 3.98. The van der Waals surface area contributed by atoms with E-state index < -0.39 is 6.04 Å². The highest BCUT2D eigenvalue weighted by Crippen LogP contribution is 2.24. The predicted molar refractivity (Wildman–Crippen MR) is 70.5 cm³/mol. The predicted octanol–water partition coefficient (Wildman–Crippen LogP) is 0.520. The second-order valence-electron chi connectivity index (χ2n) is 6.30. The Kier molecular flexibility index (Phi) is 4.73. The van der Waals surface area contributed by atoms with E-state index in [-0.39, 0.29) is 29.2 Å². The van der Waals surface area contributed by atoms with Gasteiger partial charge in [-0.3, -0.25) is 9.59 Å². The van der Waals surface area contributed by atoms with Gasteiger partial charge in [-0.2, -0.15) is 0 Å². The zero-order valence-corrected chi connectivity index (χ0v) is 11.5. The van der Waals surface area contributed by atoms with Crippen molar-refractivity contribution in [3.05, 3.63) is 0 Å². The van der Waals surface area contributed by atoms with Gasteiger partial charge in [-0.25, -0.2) is 0 Å². The number of hydrogen-bond acceptors (Lipinski definition) is 3. The monoisotopic (exact) mass is 255 g/mol. The molecule has 1 rings (SSSR count). The molecule has 1 atom stereocenters. The second-order valence-corrected chi connectivity index (χ2v) is 6.30. The van der Waals surface area contributed by atoms with E-state index in [1.54, 1.807) is 0 Å². The number of nitrogens with two attached hydrogens (primary N) is 2. The van der Waals surface area contributed by atoms with Crippen LogP contribution in [0.3, 0.4) is 0 Å². The van der Waals surface area contributed by atoms with Gasteiger partial charge in [-0.1, -0.05) is 20.8 Å². The fraction of sp³-hybridized carbons (Fsp3) is 0.846. The van der Waals surface area contributed by atoms with Crippen LogP contribution in [0.4, 0.5) is 0 Å². The van der Waals surface area contributed by atoms with Crippen LogP contribution in [0.15, 0.2) is 0 Å². The number of rotatable bonds is 3. The van der Waals surface area contributed by atoms with Crippen molar-refractivity contribution >= 4 is 11.8 Å². The van der Waals surface area contributed by atoms with Gasteiger partial charge in [0.1, 0.15) is 0 Å². The van der Waals surface area contributed by atoms with Crippen molar-refractivity contribution in [2.45, 2.75) is 58.5 Å². The van der Waals surface area contributed by atoms with E-state index in [0.29, 0.717) is 0 Å². The minimum atomic E-state index is -0.508. The maximum Gasteiger partial charge on any atom is 0.237 e. The number of nitrogens with one attached hydrogen (secondary N) is 1. The van der Waals surface area contributed by atoms with Crippen LogP contribution < -0.4 is 16.8 Å². The summed E-state index contributed by atoms with van der Waals surface area (Å²) in [5.41, 5.74) is 10.9. The van der Waals surface area contributed by atoms with Crippen LogP contribution in [0.1, 0.15) is 46.5 Å². The van der Waals surface area contributed by atoms with Gasteiger partial charge in [0.2, 0.25) is 11.8 Å². The molecule has 1 unspecified atom stereocenters. The van der Waals surface area contributed by atoms with E-state index in [1.165, 1.54) is 0 Å². The van der Waals surface area contributed by atoms with Crippen LogP contribution in [-0.2, 0) is 9.59 Å². The molecule has 5 nitrogen and oxygen atoms in total. The number of carbonyl (C=O) groups excluding carboxylic acids is 2. The van der Waals surface area contributed by atoms with Crippen LogP contribution in [0.5, 0.6) is 0 Å². The maximum absolute atomic E-state index is 11.9. The fourth-order valence-electron chi connectivity index (χ4n) is 2.21. The first-order valence-corrected chi connectivity index (χ1v) is 6.57. The van der Waals surface area contributed by atoms with Gasteiger partial charge in [0.15, 0.2) is 0 Å². The molecule has 0 bridgehead atoms. The second kappa shape index (κ2) is 5.69. The lowest BCUT2D eigenvalue weighted by molar-refractivity contribution is -0.125. The molecule has 1 fully saturated rings. The van der Waals surface area contributed by atoms with Crippen LogP contribution in [0.2, 0.25) is 0 Å². The Morgan fingerprint density at radius 3 is 2.06 bits per heavy atom. The van der Waals surface area contributed by atoms with Gasteiger partial charge < -0.3 is 16.8 Å². The van der Waals surface area contributed by atoms with E-state index in [1.807, 2.05) is 20.8 Å². The maximum atomic E-state index is 11.9. The van der Waals surface area contributed by atoms with Crippen molar-refractivity contribution < 1.29 is 9.59 Å². The first-order valence-electron chi connectivity index (χ1n) is 6.57. The molecule has 0 saturated heterocycles. The summed E-state index contributed by atoms with van der Waals surface area (Å²) in [5, 5.41) is 2.97. The molecule has 0 aromatic rings. The molecule has 0 aromatic heterocycles. The first-order chi connectivity index (χ1) is 8.21. The van der Waals surface area contributed by atoms with Crippen LogP contribution >= 0.6 is 0 Å². The van der Waals surface area contributed by atoms with Gasteiger partial charge in [0.25, 0.3) is 0 Å². The SMILES string of the molecule is CC(C)(C)C(N)C(=O)NC1CCC(C(N)=O)CC1. The lowest BCUT2D eigenvalue weighted by Crippen LogP contribution is -2.52. The lowest BCUT2D eigenvalue weighted by Gasteiger charge is -2.31. The minimum Gasteiger partial charge on any atom is -0.369 e. The smallest absolute Gasteiger partial charge is 0.237 e. The van der Waals surface area contributed by atoms with E-state index in [0.717, 1.165) is 25.7 Å². The highest BCUT2D eigenvalue weighted by Gasteiger charge is 2.31. The summed E-state index contributed by atoms with van der Waals surface area (Å²) in [4.78, 5) is 23.0. The molecule has 0 spiro atoms. The van der Waals surface area contributed by atoms with Crippen molar-refractivity contribution in [2.24, 2.45) is 22.8 Å². The Balaban J connectivity index is 2.42. The number of primary amides is 1. The molecule has 1 aliphatic carbocycles. The summed E-state index contributed by atoms with van der Waals surface area (Å²) < 4.78 is 0. The van der Waals surface area contributed by atoms with Gasteiger partial charge in [-0.05, 0) is 31.1 Å². The van der Waals surface area contributed by atoms with Crippen molar-refractivity contribution in [1.29, 1.82) is 0 Å². The molecule has 1 saturated carbocycles. The Bertz CT molecular complexity index is 315. The Morgan fingerprint density at radius 1 is 1.17 bits per heavy atom. The Labute approximate surface area is 109 Å². The van der Waals surface area contributed by atoms with Gasteiger partial charge in [0, 0.05) is 12.0 Å². The molecule has 0 radical (unpaired) electrons. The fourth-order valence-corrected chi connectivity index (χ4v) is 2.21. The number of amides is 2. The van der Waals surface area contributed by atoms with Crippen molar-refractivity contribution in [3.63, 3.8) is 0 Å². The third-order valence-electron chi connectivity index (χ3n) is 3.69. The summed E-state index contributed by atoms with van der Waals surface area (Å²) in [6, 6.07) is -0.382. The molecule has 2 amide bonds. The Morgan fingerprint density at radius 2 is 1.67 bits per heavy atom. The highest BCUT2D eigenvalue weighted by molar-refractivity contribution is 5.82. The van der Waals surface area contributed by atoms with E-state index in [9.17, 15) is 9.59 Å². The minimum absolute atomic E-state index is 0.0329. The molecule has 5 N–H and O–H groups in total. The molecule has 104 valence electrons. The van der Waals surface area contributed by atoms with Crippen molar-refractivity contribution in [2.75, 3.05) is 0 Å². The quantitative estimate of drug-likeness (QED) is 0.685. The normalized spacial score (nSPS) is 26.4. The van der Waals surface area contributed by atoms with Crippen LogP contribution in [-0.4, -0.2) is 23.9 Å². The summed E-state index contributed by atoms with van der Waals surface area (Å²) in [6.45, 7) is 5.84. The molecule has 0 aliphatic heterocycles. The van der Waals surface area contributed by atoms with E-state index in [2.05, 4.69) is 5.32 Å². The summed E-state index contributed by atoms with van der Waals surface area (Å²) in [7, 11) is 0.